The van der Waals surface area contributed by atoms with E-state index >= 15 is 0 Å². The van der Waals surface area contributed by atoms with Gasteiger partial charge in [-0.3, -0.25) is 4.79 Å². The van der Waals surface area contributed by atoms with E-state index in [1.54, 1.807) is 12.1 Å². The van der Waals surface area contributed by atoms with Gasteiger partial charge in [-0.15, -0.1) is 0 Å². The number of aryl methyl sites for hydroxylation is 1. The first kappa shape index (κ1) is 12.7. The third-order valence-electron chi connectivity index (χ3n) is 2.51. The number of aromatic carboxylic acids is 1. The molecule has 2 aromatic rings. The molecule has 2 rings (SSSR count). The molecule has 1 amide bonds. The summed E-state index contributed by atoms with van der Waals surface area (Å²) >= 11 is 0. The van der Waals surface area contributed by atoms with Crippen LogP contribution in [0.5, 0.6) is 0 Å². The van der Waals surface area contributed by atoms with Crippen molar-refractivity contribution in [3.8, 4) is 0 Å². The number of carboxylic acid groups (broad SMARTS) is 1. The zero-order valence-electron chi connectivity index (χ0n) is 10.1. The Bertz CT molecular complexity index is 641. The van der Waals surface area contributed by atoms with Gasteiger partial charge in [-0.1, -0.05) is 18.2 Å². The molecule has 6 nitrogen and oxygen atoms in total. The number of amides is 1. The lowest BCUT2D eigenvalue weighted by Crippen LogP contribution is -2.19. The van der Waals surface area contributed by atoms with Gasteiger partial charge in [-0.25, -0.2) is 14.8 Å². The van der Waals surface area contributed by atoms with Crippen molar-refractivity contribution in [2.75, 3.05) is 5.32 Å². The van der Waals surface area contributed by atoms with Gasteiger partial charge in [0.1, 0.15) is 0 Å². The average Bonchev–Trinajstić information content (AvgIpc) is 2.41. The second kappa shape index (κ2) is 5.26. The molecule has 1 aromatic heterocycles. The lowest BCUT2D eigenvalue weighted by molar-refractivity contribution is 0.0685. The molecule has 0 atom stereocenters. The number of aromatic nitrogens is 2. The molecular weight excluding hydrogens is 246 g/mol. The molecule has 0 fully saturated rings. The number of benzene rings is 1. The number of nitrogens with one attached hydrogen (secondary N) is 1. The van der Waals surface area contributed by atoms with E-state index in [0.717, 1.165) is 5.56 Å². The standard InChI is InChI=1S/C13H11N3O3/c1-8-4-2-3-5-9(8)16-12(17)10-11(13(18)19)15-7-6-14-10/h2-7H,1H3,(H,16,17)(H,18,19). The van der Waals surface area contributed by atoms with E-state index in [2.05, 4.69) is 15.3 Å². The highest BCUT2D eigenvalue weighted by Gasteiger charge is 2.19. The zero-order chi connectivity index (χ0) is 13.8. The largest absolute Gasteiger partial charge is 0.476 e. The van der Waals surface area contributed by atoms with Crippen molar-refractivity contribution >= 4 is 17.6 Å². The van der Waals surface area contributed by atoms with Gasteiger partial charge < -0.3 is 10.4 Å². The molecule has 0 unspecified atom stereocenters. The maximum Gasteiger partial charge on any atom is 0.356 e. The third kappa shape index (κ3) is 2.74. The van der Waals surface area contributed by atoms with Crippen LogP contribution in [0.2, 0.25) is 0 Å². The molecule has 0 aliphatic rings. The second-order valence-electron chi connectivity index (χ2n) is 3.83. The lowest BCUT2D eigenvalue weighted by Gasteiger charge is -2.08. The van der Waals surface area contributed by atoms with Gasteiger partial charge in [0.25, 0.3) is 5.91 Å². The minimum absolute atomic E-state index is 0.210. The summed E-state index contributed by atoms with van der Waals surface area (Å²) < 4.78 is 0. The topological polar surface area (TPSA) is 92.2 Å². The number of rotatable bonds is 3. The van der Waals surface area contributed by atoms with Gasteiger partial charge in [-0.2, -0.15) is 0 Å². The summed E-state index contributed by atoms with van der Waals surface area (Å²) in [6, 6.07) is 7.18. The molecular formula is C13H11N3O3. The van der Waals surface area contributed by atoms with Crippen molar-refractivity contribution in [3.63, 3.8) is 0 Å². The zero-order valence-corrected chi connectivity index (χ0v) is 10.1. The van der Waals surface area contributed by atoms with Gasteiger partial charge in [0.15, 0.2) is 11.4 Å². The molecule has 1 heterocycles. The summed E-state index contributed by atoms with van der Waals surface area (Å²) in [5.41, 5.74) is 0.901. The number of anilines is 1. The predicted molar refractivity (Wildman–Crippen MR) is 68.1 cm³/mol. The summed E-state index contributed by atoms with van der Waals surface area (Å²) in [4.78, 5) is 30.4. The fourth-order valence-electron chi connectivity index (χ4n) is 1.56. The van der Waals surface area contributed by atoms with Crippen LogP contribution in [0.25, 0.3) is 0 Å². The van der Waals surface area contributed by atoms with Gasteiger partial charge in [0, 0.05) is 18.1 Å². The Hall–Kier alpha value is -2.76. The van der Waals surface area contributed by atoms with Gasteiger partial charge in [-0.05, 0) is 18.6 Å². The Balaban J connectivity index is 2.31. The Morgan fingerprint density at radius 3 is 2.37 bits per heavy atom. The maximum atomic E-state index is 12.0. The lowest BCUT2D eigenvalue weighted by atomic mass is 10.2. The van der Waals surface area contributed by atoms with Crippen molar-refractivity contribution in [1.29, 1.82) is 0 Å². The fraction of sp³-hybridized carbons (Fsp3) is 0.0769. The van der Waals surface area contributed by atoms with E-state index in [1.807, 2.05) is 19.1 Å². The SMILES string of the molecule is Cc1ccccc1NC(=O)c1nccnc1C(=O)O. The van der Waals surface area contributed by atoms with Crippen LogP contribution in [0.15, 0.2) is 36.7 Å². The molecule has 0 bridgehead atoms. The highest BCUT2D eigenvalue weighted by Crippen LogP contribution is 2.14. The van der Waals surface area contributed by atoms with Crippen LogP contribution in [0.1, 0.15) is 26.5 Å². The number of para-hydroxylation sites is 1. The second-order valence-corrected chi connectivity index (χ2v) is 3.83. The number of nitrogens with zero attached hydrogens (tertiary/aromatic N) is 2. The summed E-state index contributed by atoms with van der Waals surface area (Å²) in [5.74, 6) is -1.89. The molecule has 0 saturated carbocycles. The molecule has 2 N–H and O–H groups in total. The van der Waals surface area contributed by atoms with Crippen LogP contribution in [-0.2, 0) is 0 Å². The highest BCUT2D eigenvalue weighted by molar-refractivity contribution is 6.08. The summed E-state index contributed by atoms with van der Waals surface area (Å²) in [6.45, 7) is 1.84. The van der Waals surface area contributed by atoms with Crippen LogP contribution >= 0.6 is 0 Å². The number of hydrogen-bond acceptors (Lipinski definition) is 4. The van der Waals surface area contributed by atoms with Crippen molar-refractivity contribution in [2.45, 2.75) is 6.92 Å². The summed E-state index contributed by atoms with van der Waals surface area (Å²) in [6.07, 6.45) is 2.51. The predicted octanol–water partition coefficient (Wildman–Crippen LogP) is 1.74. The smallest absolute Gasteiger partial charge is 0.356 e. The van der Waals surface area contributed by atoms with Crippen LogP contribution < -0.4 is 5.32 Å². The molecule has 96 valence electrons. The van der Waals surface area contributed by atoms with Crippen molar-refractivity contribution in [1.82, 2.24) is 9.97 Å². The first-order valence-electron chi connectivity index (χ1n) is 5.51. The molecule has 0 saturated heterocycles. The van der Waals surface area contributed by atoms with Crippen LogP contribution in [0.4, 0.5) is 5.69 Å². The van der Waals surface area contributed by atoms with E-state index in [1.165, 1.54) is 12.4 Å². The quantitative estimate of drug-likeness (QED) is 0.873. The first-order chi connectivity index (χ1) is 9.09. The van der Waals surface area contributed by atoms with Crippen molar-refractivity contribution in [2.24, 2.45) is 0 Å². The summed E-state index contributed by atoms with van der Waals surface area (Å²) in [7, 11) is 0. The van der Waals surface area contributed by atoms with Crippen LogP contribution in [0, 0.1) is 6.92 Å². The van der Waals surface area contributed by atoms with E-state index in [9.17, 15) is 9.59 Å². The number of carboxylic acids is 1. The van der Waals surface area contributed by atoms with Gasteiger partial charge in [0.05, 0.1) is 0 Å². The third-order valence-corrected chi connectivity index (χ3v) is 2.51. The Morgan fingerprint density at radius 1 is 1.11 bits per heavy atom. The van der Waals surface area contributed by atoms with Crippen LogP contribution in [0.3, 0.4) is 0 Å². The number of carbonyl (C=O) groups is 2. The molecule has 0 spiro atoms. The van der Waals surface area contributed by atoms with Crippen LogP contribution in [-0.4, -0.2) is 27.0 Å². The number of carbonyl (C=O) groups excluding carboxylic acids is 1. The highest BCUT2D eigenvalue weighted by atomic mass is 16.4. The Labute approximate surface area is 109 Å². The fourth-order valence-corrected chi connectivity index (χ4v) is 1.56. The van der Waals surface area contributed by atoms with E-state index in [4.69, 9.17) is 5.11 Å². The van der Waals surface area contributed by atoms with E-state index < -0.39 is 11.9 Å². The van der Waals surface area contributed by atoms with E-state index in [0.29, 0.717) is 5.69 Å². The minimum atomic E-state index is -1.29. The summed E-state index contributed by atoms with van der Waals surface area (Å²) in [5, 5.41) is 11.6. The van der Waals surface area contributed by atoms with E-state index in [-0.39, 0.29) is 11.4 Å². The Morgan fingerprint density at radius 2 is 1.74 bits per heavy atom. The van der Waals surface area contributed by atoms with Crippen molar-refractivity contribution < 1.29 is 14.7 Å². The van der Waals surface area contributed by atoms with Crippen molar-refractivity contribution in [3.05, 3.63) is 53.6 Å². The minimum Gasteiger partial charge on any atom is -0.476 e. The Kier molecular flexibility index (Phi) is 3.51. The molecule has 0 radical (unpaired) electrons. The normalized spacial score (nSPS) is 9.95. The molecule has 1 aromatic carbocycles. The van der Waals surface area contributed by atoms with Gasteiger partial charge in [0.2, 0.25) is 0 Å². The number of hydrogen-bond donors (Lipinski definition) is 2. The molecule has 19 heavy (non-hydrogen) atoms. The average molecular weight is 257 g/mol. The molecule has 0 aliphatic heterocycles. The maximum absolute atomic E-state index is 12.0. The monoisotopic (exact) mass is 257 g/mol. The van der Waals surface area contributed by atoms with Gasteiger partial charge >= 0.3 is 5.97 Å². The molecule has 6 heteroatoms. The first-order valence-corrected chi connectivity index (χ1v) is 5.51. The molecule has 0 aliphatic carbocycles.